The monoisotopic (exact) mass is 294 g/mol. The number of nitrogens with two attached hydrogens (primary N) is 1. The Morgan fingerprint density at radius 2 is 1.95 bits per heavy atom. The van der Waals surface area contributed by atoms with E-state index in [9.17, 15) is 0 Å². The quantitative estimate of drug-likeness (QED) is 0.608. The number of hydrogen-bond donors (Lipinski definition) is 1. The van der Waals surface area contributed by atoms with Crippen LogP contribution < -0.4 is 5.73 Å². The molecule has 1 heterocycles. The van der Waals surface area contributed by atoms with E-state index in [-0.39, 0.29) is 0 Å². The molecule has 2 heteroatoms. The third-order valence-electron chi connectivity index (χ3n) is 4.80. The molecular weight excluding hydrogens is 268 g/mol. The average molecular weight is 294 g/mol. The molecule has 0 aromatic heterocycles. The molecule has 1 aromatic rings. The first kappa shape index (κ1) is 15.1. The van der Waals surface area contributed by atoms with Crippen molar-refractivity contribution in [2.75, 3.05) is 5.73 Å². The molecule has 0 saturated carbocycles. The second-order valence-electron chi connectivity index (χ2n) is 6.45. The summed E-state index contributed by atoms with van der Waals surface area (Å²) in [4.78, 5) is 5.08. The van der Waals surface area contributed by atoms with Gasteiger partial charge < -0.3 is 5.73 Å². The van der Waals surface area contributed by atoms with Crippen molar-refractivity contribution in [3.05, 3.63) is 53.6 Å². The molecule has 1 aromatic carbocycles. The lowest BCUT2D eigenvalue weighted by Crippen LogP contribution is -2.27. The van der Waals surface area contributed by atoms with Gasteiger partial charge in [-0.2, -0.15) is 0 Å². The van der Waals surface area contributed by atoms with Gasteiger partial charge in [0.1, 0.15) is 0 Å². The van der Waals surface area contributed by atoms with E-state index in [2.05, 4.69) is 37.3 Å². The van der Waals surface area contributed by atoms with Gasteiger partial charge >= 0.3 is 0 Å². The highest BCUT2D eigenvalue weighted by Gasteiger charge is 2.28. The molecule has 2 N–H and O–H groups in total. The number of rotatable bonds is 5. The maximum atomic E-state index is 5.79. The van der Waals surface area contributed by atoms with Crippen LogP contribution in [0.4, 0.5) is 5.69 Å². The zero-order valence-electron chi connectivity index (χ0n) is 13.5. The Balaban J connectivity index is 1.79. The summed E-state index contributed by atoms with van der Waals surface area (Å²) >= 11 is 0. The topological polar surface area (TPSA) is 38.4 Å². The first-order valence-electron chi connectivity index (χ1n) is 8.60. The summed E-state index contributed by atoms with van der Waals surface area (Å²) in [7, 11) is 0. The number of hydrogen-bond acceptors (Lipinski definition) is 2. The molecule has 116 valence electrons. The summed E-state index contributed by atoms with van der Waals surface area (Å²) in [5.74, 6) is 0.709. The number of aliphatic imine (C=N–C) groups is 1. The van der Waals surface area contributed by atoms with Crippen molar-refractivity contribution in [1.29, 1.82) is 0 Å². The van der Waals surface area contributed by atoms with E-state index in [1.165, 1.54) is 49.7 Å². The summed E-state index contributed by atoms with van der Waals surface area (Å²) in [6.45, 7) is 2.27. The largest absolute Gasteiger partial charge is 0.399 e. The predicted octanol–water partition coefficient (Wildman–Crippen LogP) is 4.91. The third-order valence-corrected chi connectivity index (χ3v) is 4.80. The summed E-state index contributed by atoms with van der Waals surface area (Å²) in [6.07, 6.45) is 14.6. The van der Waals surface area contributed by atoms with Crippen molar-refractivity contribution in [2.24, 2.45) is 10.9 Å². The Labute approximate surface area is 133 Å². The standard InChI is InChI=1S/C20H26N2/c1-2-3-4-6-16-7-5-8-17-11-14-19(22-20(16)17)15-9-12-18(21)13-10-15/h8-14,16,20H,2-7,21H2,1H3. The van der Waals surface area contributed by atoms with Crippen LogP contribution in [0.25, 0.3) is 0 Å². The summed E-state index contributed by atoms with van der Waals surface area (Å²) in [5.41, 5.74) is 10.3. The lowest BCUT2D eigenvalue weighted by molar-refractivity contribution is 0.375. The van der Waals surface area contributed by atoms with Crippen molar-refractivity contribution in [3.8, 4) is 0 Å². The fourth-order valence-corrected chi connectivity index (χ4v) is 3.51. The van der Waals surface area contributed by atoms with Gasteiger partial charge in [0.25, 0.3) is 0 Å². The molecule has 2 unspecified atom stereocenters. The molecule has 0 radical (unpaired) electrons. The van der Waals surface area contributed by atoms with E-state index >= 15 is 0 Å². The van der Waals surface area contributed by atoms with Gasteiger partial charge in [-0.05, 0) is 54.5 Å². The van der Waals surface area contributed by atoms with Gasteiger partial charge in [-0.1, -0.05) is 50.5 Å². The number of nitrogen functional groups attached to an aromatic ring is 1. The minimum Gasteiger partial charge on any atom is -0.399 e. The molecule has 2 atom stereocenters. The van der Waals surface area contributed by atoms with E-state index in [0.717, 1.165) is 11.4 Å². The average Bonchev–Trinajstić information content (AvgIpc) is 2.55. The third kappa shape index (κ3) is 3.32. The van der Waals surface area contributed by atoms with Crippen molar-refractivity contribution < 1.29 is 0 Å². The van der Waals surface area contributed by atoms with Crippen molar-refractivity contribution in [3.63, 3.8) is 0 Å². The highest BCUT2D eigenvalue weighted by Crippen LogP contribution is 2.34. The zero-order valence-corrected chi connectivity index (χ0v) is 13.5. The smallest absolute Gasteiger partial charge is 0.0781 e. The van der Waals surface area contributed by atoms with Gasteiger partial charge in [0.2, 0.25) is 0 Å². The first-order valence-corrected chi connectivity index (χ1v) is 8.60. The Hall–Kier alpha value is -1.83. The molecule has 2 aliphatic rings. The van der Waals surface area contributed by atoms with Crippen LogP contribution in [-0.4, -0.2) is 11.8 Å². The van der Waals surface area contributed by atoms with Crippen LogP contribution in [0.5, 0.6) is 0 Å². The van der Waals surface area contributed by atoms with Crippen LogP contribution >= 0.6 is 0 Å². The van der Waals surface area contributed by atoms with Crippen molar-refractivity contribution >= 4 is 11.4 Å². The zero-order chi connectivity index (χ0) is 15.4. The Kier molecular flexibility index (Phi) is 4.77. The minimum atomic E-state index is 0.364. The minimum absolute atomic E-state index is 0.364. The molecule has 0 amide bonds. The number of nitrogens with zero attached hydrogens (tertiary/aromatic N) is 1. The predicted molar refractivity (Wildman–Crippen MR) is 95.3 cm³/mol. The van der Waals surface area contributed by atoms with Crippen LogP contribution in [0.3, 0.4) is 0 Å². The Morgan fingerprint density at radius 1 is 1.14 bits per heavy atom. The van der Waals surface area contributed by atoms with Gasteiger partial charge in [-0.25, -0.2) is 0 Å². The van der Waals surface area contributed by atoms with E-state index in [1.807, 2.05) is 12.1 Å². The van der Waals surface area contributed by atoms with Crippen molar-refractivity contribution in [2.45, 2.75) is 51.5 Å². The second-order valence-corrected chi connectivity index (χ2v) is 6.45. The van der Waals surface area contributed by atoms with E-state index in [1.54, 1.807) is 0 Å². The van der Waals surface area contributed by atoms with Gasteiger partial charge in [-0.15, -0.1) is 0 Å². The number of allylic oxidation sites excluding steroid dienone is 2. The molecule has 1 aliphatic carbocycles. The van der Waals surface area contributed by atoms with E-state index in [4.69, 9.17) is 10.7 Å². The van der Waals surface area contributed by atoms with Crippen molar-refractivity contribution in [1.82, 2.24) is 0 Å². The van der Waals surface area contributed by atoms with Gasteiger partial charge in [0, 0.05) is 5.69 Å². The van der Waals surface area contributed by atoms with Gasteiger partial charge in [-0.3, -0.25) is 4.99 Å². The number of benzene rings is 1. The lowest BCUT2D eigenvalue weighted by Gasteiger charge is -2.31. The van der Waals surface area contributed by atoms with Crippen LogP contribution in [0.1, 0.15) is 51.0 Å². The SMILES string of the molecule is CCCCCC1CCC=C2C=CC(c3ccc(N)cc3)=NC21. The molecule has 0 saturated heterocycles. The molecule has 2 nitrogen and oxygen atoms in total. The van der Waals surface area contributed by atoms with Crippen LogP contribution in [-0.2, 0) is 0 Å². The molecule has 0 spiro atoms. The Bertz CT molecular complexity index is 593. The second kappa shape index (κ2) is 6.95. The van der Waals surface area contributed by atoms with Gasteiger partial charge in [0.05, 0.1) is 11.8 Å². The maximum Gasteiger partial charge on any atom is 0.0781 e. The summed E-state index contributed by atoms with van der Waals surface area (Å²) < 4.78 is 0. The van der Waals surface area contributed by atoms with Gasteiger partial charge in [0.15, 0.2) is 0 Å². The first-order chi connectivity index (χ1) is 10.8. The molecule has 22 heavy (non-hydrogen) atoms. The number of anilines is 1. The lowest BCUT2D eigenvalue weighted by atomic mass is 9.79. The Morgan fingerprint density at radius 3 is 2.73 bits per heavy atom. The van der Waals surface area contributed by atoms with Crippen LogP contribution in [0.15, 0.2) is 53.1 Å². The fourth-order valence-electron chi connectivity index (χ4n) is 3.51. The van der Waals surface area contributed by atoms with E-state index < -0.39 is 0 Å². The molecule has 0 fully saturated rings. The number of dihydropyridines is 1. The summed E-state index contributed by atoms with van der Waals surface area (Å²) in [5, 5.41) is 0. The number of unbranched alkanes of at least 4 members (excludes halogenated alkanes) is 2. The molecular formula is C20H26N2. The molecule has 0 bridgehead atoms. The normalized spacial score (nSPS) is 23.7. The highest BCUT2D eigenvalue weighted by molar-refractivity contribution is 6.10. The highest BCUT2D eigenvalue weighted by atomic mass is 14.8. The van der Waals surface area contributed by atoms with Crippen LogP contribution in [0.2, 0.25) is 0 Å². The molecule has 3 rings (SSSR count). The summed E-state index contributed by atoms with van der Waals surface area (Å²) in [6, 6.07) is 8.42. The number of fused-ring (bicyclic) bond motifs is 1. The maximum absolute atomic E-state index is 5.79. The van der Waals surface area contributed by atoms with Crippen LogP contribution in [0, 0.1) is 5.92 Å². The fraction of sp³-hybridized carbons (Fsp3) is 0.450. The molecule has 1 aliphatic heterocycles. The van der Waals surface area contributed by atoms with E-state index in [0.29, 0.717) is 12.0 Å².